The van der Waals surface area contributed by atoms with Gasteiger partial charge >= 0.3 is 0 Å². The van der Waals surface area contributed by atoms with Gasteiger partial charge in [-0.25, -0.2) is 8.42 Å². The van der Waals surface area contributed by atoms with E-state index < -0.39 is 10.0 Å². The topological polar surface area (TPSA) is 91.0 Å². The van der Waals surface area contributed by atoms with Crippen LogP contribution in [0.4, 0.5) is 5.69 Å². The third-order valence-corrected chi connectivity index (χ3v) is 7.27. The van der Waals surface area contributed by atoms with Crippen LogP contribution in [0.25, 0.3) is 0 Å². The standard InChI is InChI=1S/C24H34N4O4S/c1-19-6-11-22(33(30,31)26-20-7-9-21(32-3)10-8-20)18-23(19)24(29)25-12-4-5-13-28-16-14-27(2)15-17-28/h6-11,18,26H,4-5,12-17H2,1-3H3,(H,25,29). The quantitative estimate of drug-likeness (QED) is 0.515. The van der Waals surface area contributed by atoms with Gasteiger partial charge in [-0.3, -0.25) is 9.52 Å². The summed E-state index contributed by atoms with van der Waals surface area (Å²) < 4.78 is 33.3. The normalized spacial score (nSPS) is 15.2. The fourth-order valence-corrected chi connectivity index (χ4v) is 4.80. The van der Waals surface area contributed by atoms with Crippen molar-refractivity contribution in [3.05, 3.63) is 53.6 Å². The van der Waals surface area contributed by atoms with Crippen molar-refractivity contribution in [3.63, 3.8) is 0 Å². The number of nitrogens with zero attached hydrogens (tertiary/aromatic N) is 2. The lowest BCUT2D eigenvalue weighted by Gasteiger charge is -2.32. The first-order valence-electron chi connectivity index (χ1n) is 11.2. The molecule has 180 valence electrons. The first-order valence-corrected chi connectivity index (χ1v) is 12.7. The lowest BCUT2D eigenvalue weighted by Crippen LogP contribution is -2.44. The third-order valence-electron chi connectivity index (χ3n) is 5.89. The van der Waals surface area contributed by atoms with Crippen LogP contribution >= 0.6 is 0 Å². The monoisotopic (exact) mass is 474 g/mol. The van der Waals surface area contributed by atoms with E-state index in [1.807, 2.05) is 0 Å². The fraction of sp³-hybridized carbons (Fsp3) is 0.458. The summed E-state index contributed by atoms with van der Waals surface area (Å²) in [5.74, 6) is 0.379. The molecule has 0 spiro atoms. The van der Waals surface area contributed by atoms with Crippen molar-refractivity contribution >= 4 is 21.6 Å². The Kier molecular flexibility index (Phi) is 8.71. The smallest absolute Gasteiger partial charge is 0.261 e. The number of aryl methyl sites for hydroxylation is 1. The number of anilines is 1. The summed E-state index contributed by atoms with van der Waals surface area (Å²) in [7, 11) is -0.141. The highest BCUT2D eigenvalue weighted by atomic mass is 32.2. The minimum absolute atomic E-state index is 0.0455. The first kappa shape index (κ1) is 25.0. The summed E-state index contributed by atoms with van der Waals surface area (Å²) in [5, 5.41) is 2.93. The maximum Gasteiger partial charge on any atom is 0.261 e. The summed E-state index contributed by atoms with van der Waals surface area (Å²) in [5.41, 5.74) is 1.52. The average Bonchev–Trinajstić information content (AvgIpc) is 2.80. The Morgan fingerprint density at radius 1 is 1.03 bits per heavy atom. The molecular weight excluding hydrogens is 440 g/mol. The number of hydrogen-bond acceptors (Lipinski definition) is 6. The molecule has 0 saturated carbocycles. The molecule has 8 nitrogen and oxygen atoms in total. The molecule has 0 aliphatic carbocycles. The number of methoxy groups -OCH3 is 1. The number of piperazine rings is 1. The Hall–Kier alpha value is -2.62. The van der Waals surface area contributed by atoms with E-state index in [0.29, 0.717) is 23.5 Å². The number of sulfonamides is 1. The predicted molar refractivity (Wildman–Crippen MR) is 130 cm³/mol. The largest absolute Gasteiger partial charge is 0.497 e. The summed E-state index contributed by atoms with van der Waals surface area (Å²) in [6, 6.07) is 11.2. The number of nitrogens with one attached hydrogen (secondary N) is 2. The number of carbonyl (C=O) groups excluding carboxylic acids is 1. The first-order chi connectivity index (χ1) is 15.8. The molecule has 1 aliphatic rings. The summed E-state index contributed by atoms with van der Waals surface area (Å²) in [4.78, 5) is 17.6. The van der Waals surface area contributed by atoms with Gasteiger partial charge in [-0.05, 0) is 75.3 Å². The fourth-order valence-electron chi connectivity index (χ4n) is 3.72. The molecule has 0 radical (unpaired) electrons. The van der Waals surface area contributed by atoms with E-state index in [1.54, 1.807) is 44.4 Å². The molecule has 2 N–H and O–H groups in total. The second-order valence-corrected chi connectivity index (χ2v) is 10.1. The van der Waals surface area contributed by atoms with Crippen molar-refractivity contribution in [2.24, 2.45) is 0 Å². The third kappa shape index (κ3) is 7.18. The van der Waals surface area contributed by atoms with Crippen LogP contribution in [0.1, 0.15) is 28.8 Å². The van der Waals surface area contributed by atoms with Gasteiger partial charge in [-0.1, -0.05) is 6.07 Å². The second kappa shape index (κ2) is 11.5. The van der Waals surface area contributed by atoms with Crippen molar-refractivity contribution in [1.82, 2.24) is 15.1 Å². The molecule has 1 saturated heterocycles. The number of likely N-dealkylation sites (N-methyl/N-ethyl adjacent to an activating group) is 1. The number of hydrogen-bond donors (Lipinski definition) is 2. The maximum absolute atomic E-state index is 12.8. The Labute approximate surface area is 197 Å². The highest BCUT2D eigenvalue weighted by Gasteiger charge is 2.18. The zero-order valence-corrected chi connectivity index (χ0v) is 20.5. The molecule has 1 fully saturated rings. The van der Waals surface area contributed by atoms with Crippen LogP contribution < -0.4 is 14.8 Å². The van der Waals surface area contributed by atoms with Crippen molar-refractivity contribution in [3.8, 4) is 5.75 Å². The molecule has 2 aromatic rings. The number of benzene rings is 2. The molecular formula is C24H34N4O4S. The summed E-state index contributed by atoms with van der Waals surface area (Å²) in [6.45, 7) is 7.78. The second-order valence-electron chi connectivity index (χ2n) is 8.42. The Bertz CT molecular complexity index is 1030. The molecule has 0 aromatic heterocycles. The highest BCUT2D eigenvalue weighted by Crippen LogP contribution is 2.21. The van der Waals surface area contributed by atoms with Crippen LogP contribution in [-0.4, -0.2) is 77.6 Å². The molecule has 9 heteroatoms. The minimum Gasteiger partial charge on any atom is -0.497 e. The van der Waals surface area contributed by atoms with Crippen LogP contribution in [0.5, 0.6) is 5.75 Å². The van der Waals surface area contributed by atoms with E-state index in [9.17, 15) is 13.2 Å². The number of amides is 1. The van der Waals surface area contributed by atoms with Gasteiger partial charge in [0, 0.05) is 44.0 Å². The Morgan fingerprint density at radius 3 is 2.39 bits per heavy atom. The Morgan fingerprint density at radius 2 is 1.73 bits per heavy atom. The minimum atomic E-state index is -3.83. The molecule has 0 atom stereocenters. The van der Waals surface area contributed by atoms with E-state index in [2.05, 4.69) is 26.9 Å². The van der Waals surface area contributed by atoms with Gasteiger partial charge in [-0.15, -0.1) is 0 Å². The lowest BCUT2D eigenvalue weighted by atomic mass is 10.1. The molecule has 0 unspecified atom stereocenters. The van der Waals surface area contributed by atoms with E-state index in [0.717, 1.165) is 51.1 Å². The molecule has 1 heterocycles. The summed E-state index contributed by atoms with van der Waals surface area (Å²) in [6.07, 6.45) is 1.90. The van der Waals surface area contributed by atoms with Gasteiger partial charge in [0.2, 0.25) is 0 Å². The highest BCUT2D eigenvalue weighted by molar-refractivity contribution is 7.92. The zero-order chi connectivity index (χ0) is 23.8. The lowest BCUT2D eigenvalue weighted by molar-refractivity contribution is 0.0951. The molecule has 0 bridgehead atoms. The number of ether oxygens (including phenoxy) is 1. The van der Waals surface area contributed by atoms with Gasteiger partial charge in [0.05, 0.1) is 12.0 Å². The van der Waals surface area contributed by atoms with E-state index in [-0.39, 0.29) is 10.8 Å². The SMILES string of the molecule is COc1ccc(NS(=O)(=O)c2ccc(C)c(C(=O)NCCCCN3CCN(C)CC3)c2)cc1. The molecule has 33 heavy (non-hydrogen) atoms. The molecule has 2 aromatic carbocycles. The number of carbonyl (C=O) groups is 1. The van der Waals surface area contributed by atoms with Crippen LogP contribution in [0.3, 0.4) is 0 Å². The molecule has 1 amide bonds. The molecule has 3 rings (SSSR count). The van der Waals surface area contributed by atoms with Crippen LogP contribution in [0, 0.1) is 6.92 Å². The van der Waals surface area contributed by atoms with Crippen molar-refractivity contribution in [1.29, 1.82) is 0 Å². The molecule has 1 aliphatic heterocycles. The summed E-state index contributed by atoms with van der Waals surface area (Å²) >= 11 is 0. The number of rotatable bonds is 10. The van der Waals surface area contributed by atoms with Gasteiger partial charge < -0.3 is 19.9 Å². The van der Waals surface area contributed by atoms with E-state index >= 15 is 0 Å². The number of unbranched alkanes of at least 4 members (excludes halogenated alkanes) is 1. The average molecular weight is 475 g/mol. The predicted octanol–water partition coefficient (Wildman–Crippen LogP) is 2.56. The van der Waals surface area contributed by atoms with Crippen LogP contribution in [0.2, 0.25) is 0 Å². The van der Waals surface area contributed by atoms with E-state index in [1.165, 1.54) is 12.1 Å². The van der Waals surface area contributed by atoms with Crippen molar-refractivity contribution < 1.29 is 17.9 Å². The van der Waals surface area contributed by atoms with Crippen LogP contribution in [0.15, 0.2) is 47.4 Å². The van der Waals surface area contributed by atoms with Gasteiger partial charge in [0.1, 0.15) is 5.75 Å². The maximum atomic E-state index is 12.8. The van der Waals surface area contributed by atoms with Gasteiger partial charge in [0.15, 0.2) is 0 Å². The van der Waals surface area contributed by atoms with Crippen LogP contribution in [-0.2, 0) is 10.0 Å². The van der Waals surface area contributed by atoms with Crippen molar-refractivity contribution in [2.45, 2.75) is 24.7 Å². The van der Waals surface area contributed by atoms with Crippen molar-refractivity contribution in [2.75, 3.05) is 58.1 Å². The zero-order valence-electron chi connectivity index (χ0n) is 19.6. The van der Waals surface area contributed by atoms with E-state index in [4.69, 9.17) is 4.74 Å². The van der Waals surface area contributed by atoms with Gasteiger partial charge in [0.25, 0.3) is 15.9 Å². The Balaban J connectivity index is 1.54. The van der Waals surface area contributed by atoms with Gasteiger partial charge in [-0.2, -0.15) is 0 Å².